The number of aryl methyl sites for hydroxylation is 1. The minimum Gasteiger partial charge on any atom is -0.481 e. The zero-order valence-electron chi connectivity index (χ0n) is 18.6. The van der Waals surface area contributed by atoms with E-state index in [4.69, 9.17) is 16.7 Å². The molecule has 0 saturated heterocycles. The third kappa shape index (κ3) is 4.98. The molecular weight excluding hydrogens is 461 g/mol. The molecule has 0 saturated carbocycles. The predicted molar refractivity (Wildman–Crippen MR) is 125 cm³/mol. The lowest BCUT2D eigenvalue weighted by Gasteiger charge is -2.25. The van der Waals surface area contributed by atoms with E-state index in [1.807, 2.05) is 19.1 Å². The second-order valence-electron chi connectivity index (χ2n) is 8.56. The second kappa shape index (κ2) is 9.95. The van der Waals surface area contributed by atoms with Gasteiger partial charge >= 0.3 is 11.9 Å². The van der Waals surface area contributed by atoms with Gasteiger partial charge in [-0.15, -0.1) is 0 Å². The van der Waals surface area contributed by atoms with E-state index in [2.05, 4.69) is 5.32 Å². The number of benzene rings is 2. The number of hydrogen-bond donors (Lipinski definition) is 3. The van der Waals surface area contributed by atoms with E-state index >= 15 is 0 Å². The maximum absolute atomic E-state index is 13.6. The summed E-state index contributed by atoms with van der Waals surface area (Å²) in [6.07, 6.45) is 0.555. The molecule has 2 heterocycles. The van der Waals surface area contributed by atoms with E-state index < -0.39 is 30.2 Å². The van der Waals surface area contributed by atoms with E-state index in [9.17, 15) is 24.2 Å². The first-order chi connectivity index (χ1) is 16.2. The summed E-state index contributed by atoms with van der Waals surface area (Å²) < 4.78 is 15.4. The van der Waals surface area contributed by atoms with E-state index in [0.29, 0.717) is 36.6 Å². The van der Waals surface area contributed by atoms with Gasteiger partial charge in [0, 0.05) is 24.6 Å². The van der Waals surface area contributed by atoms with Gasteiger partial charge in [0.05, 0.1) is 28.7 Å². The van der Waals surface area contributed by atoms with Gasteiger partial charge in [-0.1, -0.05) is 29.8 Å². The summed E-state index contributed by atoms with van der Waals surface area (Å²) in [5.41, 5.74) is 4.65. The van der Waals surface area contributed by atoms with Crippen molar-refractivity contribution in [2.75, 3.05) is 13.1 Å². The number of carboxylic acids is 2. The average Bonchev–Trinajstić information content (AvgIpc) is 2.99. The zero-order valence-corrected chi connectivity index (χ0v) is 19.3. The molecule has 1 aliphatic rings. The summed E-state index contributed by atoms with van der Waals surface area (Å²) in [5, 5.41) is 27.5. The molecular formula is C25H25ClFN3O4. The third-order valence-electron chi connectivity index (χ3n) is 6.21. The maximum atomic E-state index is 13.6. The van der Waals surface area contributed by atoms with E-state index in [-0.39, 0.29) is 5.82 Å². The molecule has 0 spiro atoms. The number of halogens is 2. The van der Waals surface area contributed by atoms with Crippen LogP contribution in [0.4, 0.5) is 4.39 Å². The highest BCUT2D eigenvalue weighted by Gasteiger charge is 2.35. The normalized spacial score (nSPS) is 16.5. The number of aromatic nitrogens is 2. The number of carboxylic acid groups (broad SMARTS) is 2. The standard InChI is InChI=1S/C25H25ClFN3O4/c1-14-9-17(11-15-3-2-4-16(27)10-15)29-30(14)24-19-7-8-28-13-21(18(19)5-6-22(24)26)20(25(33)34)12-23(31)32/h2-6,9-10,20-21,28H,7-8,11-13H2,1H3,(H,31,32)(H,33,34). The van der Waals surface area contributed by atoms with Crippen LogP contribution in [0.3, 0.4) is 0 Å². The molecule has 0 amide bonds. The van der Waals surface area contributed by atoms with Crippen LogP contribution < -0.4 is 5.32 Å². The first kappa shape index (κ1) is 23.9. The van der Waals surface area contributed by atoms with Crippen LogP contribution in [0.15, 0.2) is 42.5 Å². The summed E-state index contributed by atoms with van der Waals surface area (Å²) in [5.74, 6) is -4.23. The third-order valence-corrected chi connectivity index (χ3v) is 6.51. The molecule has 2 aromatic carbocycles. The van der Waals surface area contributed by atoms with Gasteiger partial charge in [-0.2, -0.15) is 5.10 Å². The van der Waals surface area contributed by atoms with Gasteiger partial charge in [0.1, 0.15) is 5.82 Å². The lowest BCUT2D eigenvalue weighted by atomic mass is 9.81. The molecule has 0 aliphatic carbocycles. The highest BCUT2D eigenvalue weighted by Crippen LogP contribution is 2.37. The van der Waals surface area contributed by atoms with Gasteiger partial charge in [-0.05, 0) is 60.8 Å². The average molecular weight is 486 g/mol. The van der Waals surface area contributed by atoms with Gasteiger partial charge in [-0.25, -0.2) is 9.07 Å². The summed E-state index contributed by atoms with van der Waals surface area (Å²) in [4.78, 5) is 23.3. The number of nitrogens with one attached hydrogen (secondary N) is 1. The van der Waals surface area contributed by atoms with Crippen molar-refractivity contribution in [3.63, 3.8) is 0 Å². The van der Waals surface area contributed by atoms with Gasteiger partial charge in [0.2, 0.25) is 0 Å². The van der Waals surface area contributed by atoms with Crippen LogP contribution >= 0.6 is 11.6 Å². The number of nitrogens with zero attached hydrogens (tertiary/aromatic N) is 2. The summed E-state index contributed by atoms with van der Waals surface area (Å²) >= 11 is 6.64. The van der Waals surface area contributed by atoms with Crippen molar-refractivity contribution in [1.29, 1.82) is 0 Å². The Morgan fingerprint density at radius 3 is 2.76 bits per heavy atom. The Hall–Kier alpha value is -3.23. The van der Waals surface area contributed by atoms with Crippen molar-refractivity contribution in [3.05, 3.63) is 81.4 Å². The van der Waals surface area contributed by atoms with Crippen LogP contribution in [-0.4, -0.2) is 45.0 Å². The molecule has 3 aromatic rings. The first-order valence-electron chi connectivity index (χ1n) is 11.0. The van der Waals surface area contributed by atoms with Crippen LogP contribution in [0.1, 0.15) is 40.4 Å². The fourth-order valence-electron chi connectivity index (χ4n) is 4.70. The van der Waals surface area contributed by atoms with Crippen LogP contribution in [0.2, 0.25) is 5.02 Å². The predicted octanol–water partition coefficient (Wildman–Crippen LogP) is 3.97. The van der Waals surface area contributed by atoms with Gasteiger partial charge < -0.3 is 15.5 Å². The van der Waals surface area contributed by atoms with E-state index in [0.717, 1.165) is 28.1 Å². The Morgan fingerprint density at radius 1 is 1.26 bits per heavy atom. The largest absolute Gasteiger partial charge is 0.481 e. The van der Waals surface area contributed by atoms with Gasteiger partial charge in [-0.3, -0.25) is 9.59 Å². The number of carbonyl (C=O) groups is 2. The van der Waals surface area contributed by atoms with Gasteiger partial charge in [0.15, 0.2) is 0 Å². The lowest BCUT2D eigenvalue weighted by Crippen LogP contribution is -2.31. The molecule has 7 nitrogen and oxygen atoms in total. The van der Waals surface area contributed by atoms with Crippen LogP contribution in [0.5, 0.6) is 0 Å². The molecule has 2 unspecified atom stereocenters. The molecule has 4 rings (SSSR count). The maximum Gasteiger partial charge on any atom is 0.307 e. The molecule has 2 atom stereocenters. The lowest BCUT2D eigenvalue weighted by molar-refractivity contribution is -0.149. The fraction of sp³-hybridized carbons (Fsp3) is 0.320. The molecule has 178 valence electrons. The molecule has 9 heteroatoms. The van der Waals surface area contributed by atoms with Crippen LogP contribution in [0, 0.1) is 18.7 Å². The quantitative estimate of drug-likeness (QED) is 0.468. The fourth-order valence-corrected chi connectivity index (χ4v) is 4.96. The summed E-state index contributed by atoms with van der Waals surface area (Å²) in [7, 11) is 0. The van der Waals surface area contributed by atoms with Crippen molar-refractivity contribution < 1.29 is 24.2 Å². The Labute approximate surface area is 201 Å². The molecule has 0 radical (unpaired) electrons. The Bertz CT molecular complexity index is 1240. The topological polar surface area (TPSA) is 104 Å². The molecule has 34 heavy (non-hydrogen) atoms. The number of fused-ring (bicyclic) bond motifs is 1. The minimum atomic E-state index is -1.16. The Balaban J connectivity index is 1.78. The van der Waals surface area contributed by atoms with Crippen molar-refractivity contribution in [2.45, 2.75) is 32.1 Å². The van der Waals surface area contributed by atoms with Crippen molar-refractivity contribution in [2.24, 2.45) is 5.92 Å². The number of hydrogen-bond acceptors (Lipinski definition) is 4. The molecule has 1 aromatic heterocycles. The van der Waals surface area contributed by atoms with E-state index in [1.54, 1.807) is 22.9 Å². The first-order valence-corrected chi connectivity index (χ1v) is 11.4. The van der Waals surface area contributed by atoms with Crippen molar-refractivity contribution in [3.8, 4) is 5.69 Å². The smallest absolute Gasteiger partial charge is 0.307 e. The van der Waals surface area contributed by atoms with Crippen LogP contribution in [0.25, 0.3) is 5.69 Å². The van der Waals surface area contributed by atoms with Crippen molar-refractivity contribution in [1.82, 2.24) is 15.1 Å². The SMILES string of the molecule is Cc1cc(Cc2cccc(F)c2)nn1-c1c(Cl)ccc2c1CCNCC2C(CC(=O)O)C(=O)O. The molecule has 1 aliphatic heterocycles. The van der Waals surface area contributed by atoms with E-state index in [1.165, 1.54) is 12.1 Å². The second-order valence-corrected chi connectivity index (χ2v) is 8.97. The summed E-state index contributed by atoms with van der Waals surface area (Å²) in [6.45, 7) is 2.84. The molecule has 0 fully saturated rings. The monoisotopic (exact) mass is 485 g/mol. The number of aliphatic carboxylic acids is 2. The van der Waals surface area contributed by atoms with Gasteiger partial charge in [0.25, 0.3) is 0 Å². The zero-order chi connectivity index (χ0) is 24.4. The Morgan fingerprint density at radius 2 is 2.06 bits per heavy atom. The minimum absolute atomic E-state index is 0.307. The molecule has 0 bridgehead atoms. The van der Waals surface area contributed by atoms with Crippen LogP contribution in [-0.2, 0) is 22.4 Å². The highest BCUT2D eigenvalue weighted by molar-refractivity contribution is 6.32. The summed E-state index contributed by atoms with van der Waals surface area (Å²) in [6, 6.07) is 11.8. The van der Waals surface area contributed by atoms with Crippen molar-refractivity contribution >= 4 is 23.5 Å². The highest BCUT2D eigenvalue weighted by atomic mass is 35.5. The number of rotatable bonds is 7. The molecule has 3 N–H and O–H groups in total. The Kier molecular flexibility index (Phi) is 7.00.